The third-order valence-electron chi connectivity index (χ3n) is 1.68. The molecular formula is C6H5NO3S2. The zero-order valence-electron chi connectivity index (χ0n) is 6.12. The molecule has 0 spiro atoms. The molecule has 4 nitrogen and oxygen atoms in total. The Hall–Kier alpha value is -0.880. The molecule has 1 N–H and O–H groups in total. The van der Waals surface area contributed by atoms with Crippen LogP contribution in [-0.2, 0) is 10.0 Å². The van der Waals surface area contributed by atoms with Gasteiger partial charge in [-0.3, -0.25) is 4.79 Å². The van der Waals surface area contributed by atoms with Crippen molar-refractivity contribution in [2.24, 2.45) is 0 Å². The van der Waals surface area contributed by atoms with Gasteiger partial charge >= 0.3 is 0 Å². The van der Waals surface area contributed by atoms with E-state index in [1.807, 2.05) is 4.72 Å². The zero-order valence-corrected chi connectivity index (χ0v) is 7.75. The summed E-state index contributed by atoms with van der Waals surface area (Å²) < 4.78 is 24.2. The third-order valence-corrected chi connectivity index (χ3v) is 4.10. The summed E-state index contributed by atoms with van der Waals surface area (Å²) in [6.45, 7) is 1.73. The number of rotatable bonds is 0. The predicted octanol–water partition coefficient (Wildman–Crippen LogP) is 0.489. The first-order valence-electron chi connectivity index (χ1n) is 3.17. The minimum atomic E-state index is -3.52. The molecule has 2 heterocycles. The van der Waals surface area contributed by atoms with Crippen molar-refractivity contribution < 1.29 is 13.2 Å². The van der Waals surface area contributed by atoms with Crippen LogP contribution in [0.2, 0.25) is 0 Å². The summed E-state index contributed by atoms with van der Waals surface area (Å²) in [5.74, 6) is -0.510. The molecule has 1 aliphatic rings. The van der Waals surface area contributed by atoms with Gasteiger partial charge in [0.15, 0.2) is 0 Å². The van der Waals surface area contributed by atoms with Gasteiger partial charge in [0.1, 0.15) is 4.90 Å². The molecule has 0 unspecified atom stereocenters. The molecule has 0 fully saturated rings. The molecule has 1 amide bonds. The molecule has 0 saturated heterocycles. The lowest BCUT2D eigenvalue weighted by molar-refractivity contribution is 0.0985. The smallest absolute Gasteiger partial charge is 0.267 e. The van der Waals surface area contributed by atoms with Crippen molar-refractivity contribution in [3.63, 3.8) is 0 Å². The highest BCUT2D eigenvalue weighted by molar-refractivity contribution is 7.90. The van der Waals surface area contributed by atoms with Crippen LogP contribution in [0, 0.1) is 6.92 Å². The van der Waals surface area contributed by atoms with Crippen LogP contribution in [0.3, 0.4) is 0 Å². The number of hydrogen-bond donors (Lipinski definition) is 1. The summed E-state index contributed by atoms with van der Waals surface area (Å²) in [6, 6.07) is 0. The number of sulfonamides is 1. The second-order valence-electron chi connectivity index (χ2n) is 2.47. The fourth-order valence-corrected chi connectivity index (χ4v) is 3.54. The van der Waals surface area contributed by atoms with E-state index in [4.69, 9.17) is 0 Å². The molecule has 2 rings (SSSR count). The summed E-state index contributed by atoms with van der Waals surface area (Å²) >= 11 is 1.27. The first-order valence-corrected chi connectivity index (χ1v) is 5.54. The highest BCUT2D eigenvalue weighted by Gasteiger charge is 2.34. The first kappa shape index (κ1) is 7.75. The van der Waals surface area contributed by atoms with Crippen LogP contribution < -0.4 is 4.72 Å². The number of carbonyl (C=O) groups excluding carboxylic acids is 1. The summed E-state index contributed by atoms with van der Waals surface area (Å²) in [7, 11) is -3.52. The average molecular weight is 203 g/mol. The van der Waals surface area contributed by atoms with E-state index in [9.17, 15) is 13.2 Å². The SMILES string of the molecule is Cc1scc2c1C(=O)NS2(=O)=O. The lowest BCUT2D eigenvalue weighted by Gasteiger charge is -1.90. The van der Waals surface area contributed by atoms with Crippen molar-refractivity contribution in [1.82, 2.24) is 4.72 Å². The van der Waals surface area contributed by atoms with Crippen molar-refractivity contribution in [3.8, 4) is 0 Å². The van der Waals surface area contributed by atoms with E-state index in [1.165, 1.54) is 16.7 Å². The Labute approximate surface area is 73.3 Å². The van der Waals surface area contributed by atoms with Gasteiger partial charge in [0, 0.05) is 10.3 Å². The maximum atomic E-state index is 11.2. The number of thiophene rings is 1. The fourth-order valence-electron chi connectivity index (χ4n) is 1.13. The van der Waals surface area contributed by atoms with Crippen LogP contribution >= 0.6 is 11.3 Å². The Bertz CT molecular complexity index is 457. The van der Waals surface area contributed by atoms with E-state index in [2.05, 4.69) is 0 Å². The van der Waals surface area contributed by atoms with Crippen molar-refractivity contribution in [3.05, 3.63) is 15.8 Å². The standard InChI is InChI=1S/C6H5NO3S2/c1-3-5-4(2-11-3)12(9,10)7-6(5)8/h2H,1H3,(H,7,8). The lowest BCUT2D eigenvalue weighted by atomic mass is 10.2. The summed E-state index contributed by atoms with van der Waals surface area (Å²) in [5.41, 5.74) is 0.306. The number of carbonyl (C=O) groups is 1. The summed E-state index contributed by atoms with van der Waals surface area (Å²) in [4.78, 5) is 11.9. The molecule has 0 atom stereocenters. The van der Waals surface area contributed by atoms with Crippen molar-refractivity contribution >= 4 is 27.3 Å². The number of hydrogen-bond acceptors (Lipinski definition) is 4. The van der Waals surface area contributed by atoms with Gasteiger partial charge in [-0.25, -0.2) is 13.1 Å². The van der Waals surface area contributed by atoms with Gasteiger partial charge in [0.25, 0.3) is 15.9 Å². The maximum absolute atomic E-state index is 11.2. The molecule has 1 aliphatic heterocycles. The molecule has 0 bridgehead atoms. The Kier molecular flexibility index (Phi) is 1.34. The molecule has 0 aliphatic carbocycles. The van der Waals surface area contributed by atoms with Crippen LogP contribution in [0.4, 0.5) is 0 Å². The zero-order chi connectivity index (χ0) is 8.93. The molecule has 0 saturated carbocycles. The number of nitrogens with one attached hydrogen (secondary N) is 1. The van der Waals surface area contributed by atoms with Gasteiger partial charge < -0.3 is 0 Å². The van der Waals surface area contributed by atoms with Gasteiger partial charge in [0.2, 0.25) is 0 Å². The molecule has 1 aromatic heterocycles. The van der Waals surface area contributed by atoms with E-state index < -0.39 is 15.9 Å². The van der Waals surface area contributed by atoms with Gasteiger partial charge in [-0.1, -0.05) is 0 Å². The van der Waals surface area contributed by atoms with Crippen molar-refractivity contribution in [1.29, 1.82) is 0 Å². The highest BCUT2D eigenvalue weighted by Crippen LogP contribution is 2.29. The minimum absolute atomic E-state index is 0.120. The third kappa shape index (κ3) is 0.818. The van der Waals surface area contributed by atoms with Crippen LogP contribution in [-0.4, -0.2) is 14.3 Å². The second-order valence-corrected chi connectivity index (χ2v) is 5.20. The molecule has 1 aromatic rings. The highest BCUT2D eigenvalue weighted by atomic mass is 32.2. The Morgan fingerprint density at radius 3 is 2.75 bits per heavy atom. The largest absolute Gasteiger partial charge is 0.268 e. The van der Waals surface area contributed by atoms with E-state index in [-0.39, 0.29) is 4.90 Å². The molecule has 64 valence electrons. The summed E-state index contributed by atoms with van der Waals surface area (Å²) in [5, 5.41) is 1.48. The number of aryl methyl sites for hydroxylation is 1. The van der Waals surface area contributed by atoms with Crippen molar-refractivity contribution in [2.75, 3.05) is 0 Å². The maximum Gasteiger partial charge on any atom is 0.267 e. The first-order chi connectivity index (χ1) is 5.52. The molecular weight excluding hydrogens is 198 g/mol. The molecule has 0 radical (unpaired) electrons. The van der Waals surface area contributed by atoms with Crippen molar-refractivity contribution in [2.45, 2.75) is 11.8 Å². The topological polar surface area (TPSA) is 63.2 Å². The van der Waals surface area contributed by atoms with Crippen LogP contribution in [0.5, 0.6) is 0 Å². The minimum Gasteiger partial charge on any atom is -0.268 e. The average Bonchev–Trinajstić information content (AvgIpc) is 2.38. The monoisotopic (exact) mass is 203 g/mol. The number of fused-ring (bicyclic) bond motifs is 1. The lowest BCUT2D eigenvalue weighted by Crippen LogP contribution is -2.21. The molecule has 0 aromatic carbocycles. The van der Waals surface area contributed by atoms with Crippen LogP contribution in [0.25, 0.3) is 0 Å². The summed E-state index contributed by atoms with van der Waals surface area (Å²) in [6.07, 6.45) is 0. The number of amides is 1. The van der Waals surface area contributed by atoms with E-state index in [0.29, 0.717) is 5.56 Å². The van der Waals surface area contributed by atoms with E-state index in [1.54, 1.807) is 6.92 Å². The Balaban J connectivity index is 2.85. The normalized spacial score (nSPS) is 18.9. The van der Waals surface area contributed by atoms with Gasteiger partial charge in [-0.2, -0.15) is 0 Å². The van der Waals surface area contributed by atoms with Gasteiger partial charge in [0.05, 0.1) is 5.56 Å². The van der Waals surface area contributed by atoms with Gasteiger partial charge in [-0.05, 0) is 6.92 Å². The van der Waals surface area contributed by atoms with Gasteiger partial charge in [-0.15, -0.1) is 11.3 Å². The van der Waals surface area contributed by atoms with E-state index >= 15 is 0 Å². The predicted molar refractivity (Wildman–Crippen MR) is 43.7 cm³/mol. The fraction of sp³-hybridized carbons (Fsp3) is 0.167. The molecule has 12 heavy (non-hydrogen) atoms. The Morgan fingerprint density at radius 1 is 1.50 bits per heavy atom. The second kappa shape index (κ2) is 2.08. The van der Waals surface area contributed by atoms with Crippen LogP contribution in [0.15, 0.2) is 10.3 Å². The van der Waals surface area contributed by atoms with Crippen LogP contribution in [0.1, 0.15) is 15.2 Å². The quantitative estimate of drug-likeness (QED) is 0.667. The van der Waals surface area contributed by atoms with E-state index in [0.717, 1.165) is 4.88 Å². The Morgan fingerprint density at radius 2 is 2.17 bits per heavy atom. The molecule has 6 heteroatoms.